The Bertz CT molecular complexity index is 365. The molecular formula is C15H24N2O2. The minimum atomic E-state index is 0.716. The highest BCUT2D eigenvalue weighted by molar-refractivity contribution is 5.31. The first-order chi connectivity index (χ1) is 9.36. The summed E-state index contributed by atoms with van der Waals surface area (Å²) >= 11 is 0. The highest BCUT2D eigenvalue weighted by Gasteiger charge is 2.08. The van der Waals surface area contributed by atoms with E-state index in [9.17, 15) is 0 Å². The number of hydrogen-bond donors (Lipinski definition) is 1. The molecule has 0 bridgehead atoms. The lowest BCUT2D eigenvalue weighted by atomic mass is 10.2. The molecule has 0 atom stereocenters. The van der Waals surface area contributed by atoms with Crippen molar-refractivity contribution in [3.63, 3.8) is 0 Å². The lowest BCUT2D eigenvalue weighted by Crippen LogP contribution is -2.40. The second-order valence-electron chi connectivity index (χ2n) is 4.82. The Morgan fingerprint density at radius 3 is 2.79 bits per heavy atom. The summed E-state index contributed by atoms with van der Waals surface area (Å²) in [5.41, 5.74) is 1.19. The lowest BCUT2D eigenvalue weighted by Gasteiger charge is -2.26. The maximum Gasteiger partial charge on any atom is 0.122 e. The van der Waals surface area contributed by atoms with Crippen LogP contribution in [0.15, 0.2) is 24.3 Å². The number of hydrogen-bond acceptors (Lipinski definition) is 4. The van der Waals surface area contributed by atoms with Gasteiger partial charge in [-0.15, -0.1) is 0 Å². The van der Waals surface area contributed by atoms with E-state index in [0.717, 1.165) is 51.7 Å². The summed E-state index contributed by atoms with van der Waals surface area (Å²) in [6, 6.07) is 8.13. The predicted molar refractivity (Wildman–Crippen MR) is 76.8 cm³/mol. The fourth-order valence-electron chi connectivity index (χ4n) is 2.14. The minimum Gasteiger partial charge on any atom is -0.492 e. The van der Waals surface area contributed by atoms with Crippen molar-refractivity contribution < 1.29 is 9.47 Å². The van der Waals surface area contributed by atoms with Crippen LogP contribution in [0.25, 0.3) is 0 Å². The van der Waals surface area contributed by atoms with Crippen LogP contribution in [0.5, 0.6) is 5.75 Å². The number of nitrogens with zero attached hydrogens (tertiary/aromatic N) is 1. The Hall–Kier alpha value is -1.10. The molecule has 1 fully saturated rings. The van der Waals surface area contributed by atoms with Crippen molar-refractivity contribution in [3.8, 4) is 5.75 Å². The number of para-hydroxylation sites is 1. The Balaban J connectivity index is 1.51. The van der Waals surface area contributed by atoms with Crippen molar-refractivity contribution in [3.05, 3.63) is 29.8 Å². The molecule has 2 rings (SSSR count). The summed E-state index contributed by atoms with van der Waals surface area (Å²) in [5, 5.41) is 3.41. The predicted octanol–water partition coefficient (Wildman–Crippen LogP) is 1.30. The maximum absolute atomic E-state index is 5.73. The van der Waals surface area contributed by atoms with Crippen molar-refractivity contribution in [2.45, 2.75) is 6.92 Å². The normalized spacial score (nSPS) is 16.5. The third-order valence-corrected chi connectivity index (χ3v) is 3.34. The molecule has 0 radical (unpaired) electrons. The molecule has 0 spiro atoms. The number of rotatable bonds is 7. The molecule has 1 aliphatic rings. The zero-order chi connectivity index (χ0) is 13.3. The van der Waals surface area contributed by atoms with Crippen LogP contribution in [0.2, 0.25) is 0 Å². The van der Waals surface area contributed by atoms with E-state index in [0.29, 0.717) is 6.61 Å². The molecule has 1 aliphatic heterocycles. The lowest BCUT2D eigenvalue weighted by molar-refractivity contribution is 0.0383. The van der Waals surface area contributed by atoms with E-state index >= 15 is 0 Å². The molecule has 1 aromatic carbocycles. The van der Waals surface area contributed by atoms with Gasteiger partial charge in [0.15, 0.2) is 0 Å². The summed E-state index contributed by atoms with van der Waals surface area (Å²) in [5.74, 6) is 0.984. The average molecular weight is 264 g/mol. The van der Waals surface area contributed by atoms with Crippen LogP contribution in [0.1, 0.15) is 5.56 Å². The van der Waals surface area contributed by atoms with Gasteiger partial charge in [0.1, 0.15) is 12.4 Å². The zero-order valence-electron chi connectivity index (χ0n) is 11.7. The fraction of sp³-hybridized carbons (Fsp3) is 0.600. The van der Waals surface area contributed by atoms with Crippen molar-refractivity contribution >= 4 is 0 Å². The van der Waals surface area contributed by atoms with Crippen LogP contribution in [-0.4, -0.2) is 57.4 Å². The Morgan fingerprint density at radius 1 is 1.21 bits per heavy atom. The van der Waals surface area contributed by atoms with Gasteiger partial charge in [0.2, 0.25) is 0 Å². The zero-order valence-corrected chi connectivity index (χ0v) is 11.7. The topological polar surface area (TPSA) is 33.7 Å². The molecule has 1 aromatic rings. The molecule has 0 aromatic heterocycles. The summed E-state index contributed by atoms with van der Waals surface area (Å²) in [6.45, 7) is 9.63. The highest BCUT2D eigenvalue weighted by Crippen LogP contribution is 2.15. The Labute approximate surface area is 115 Å². The second-order valence-corrected chi connectivity index (χ2v) is 4.82. The van der Waals surface area contributed by atoms with Crippen LogP contribution < -0.4 is 10.1 Å². The molecule has 4 nitrogen and oxygen atoms in total. The molecule has 1 N–H and O–H groups in total. The third-order valence-electron chi connectivity index (χ3n) is 3.34. The Morgan fingerprint density at radius 2 is 2.00 bits per heavy atom. The van der Waals surface area contributed by atoms with E-state index in [1.807, 2.05) is 18.2 Å². The van der Waals surface area contributed by atoms with E-state index < -0.39 is 0 Å². The SMILES string of the molecule is Cc1ccccc1OCCNCCN1CCOCC1. The van der Waals surface area contributed by atoms with Crippen LogP contribution in [0, 0.1) is 6.92 Å². The molecule has 0 aliphatic carbocycles. The van der Waals surface area contributed by atoms with Crippen molar-refractivity contribution in [1.29, 1.82) is 0 Å². The van der Waals surface area contributed by atoms with Crippen LogP contribution in [0.4, 0.5) is 0 Å². The summed E-state index contributed by atoms with van der Waals surface area (Å²) in [4.78, 5) is 2.43. The molecule has 106 valence electrons. The van der Waals surface area contributed by atoms with Crippen LogP contribution in [0.3, 0.4) is 0 Å². The monoisotopic (exact) mass is 264 g/mol. The van der Waals surface area contributed by atoms with Gasteiger partial charge in [-0.1, -0.05) is 18.2 Å². The minimum absolute atomic E-state index is 0.716. The number of benzene rings is 1. The van der Waals surface area contributed by atoms with Gasteiger partial charge in [0.25, 0.3) is 0 Å². The van der Waals surface area contributed by atoms with E-state index in [1.165, 1.54) is 5.56 Å². The smallest absolute Gasteiger partial charge is 0.122 e. The molecule has 1 heterocycles. The van der Waals surface area contributed by atoms with Crippen LogP contribution >= 0.6 is 0 Å². The first-order valence-electron chi connectivity index (χ1n) is 7.05. The molecule has 4 heteroatoms. The van der Waals surface area contributed by atoms with E-state index in [2.05, 4.69) is 23.2 Å². The number of morpholine rings is 1. The molecule has 0 saturated carbocycles. The van der Waals surface area contributed by atoms with Gasteiger partial charge in [-0.05, 0) is 18.6 Å². The Kier molecular flexibility index (Phi) is 6.14. The van der Waals surface area contributed by atoms with E-state index in [-0.39, 0.29) is 0 Å². The van der Waals surface area contributed by atoms with Gasteiger partial charge in [0, 0.05) is 32.7 Å². The summed E-state index contributed by atoms with van der Waals surface area (Å²) < 4.78 is 11.1. The highest BCUT2D eigenvalue weighted by atomic mass is 16.5. The van der Waals surface area contributed by atoms with Gasteiger partial charge in [-0.2, -0.15) is 0 Å². The molecular weight excluding hydrogens is 240 g/mol. The van der Waals surface area contributed by atoms with Crippen LogP contribution in [-0.2, 0) is 4.74 Å². The van der Waals surface area contributed by atoms with E-state index in [4.69, 9.17) is 9.47 Å². The van der Waals surface area contributed by atoms with E-state index in [1.54, 1.807) is 0 Å². The number of nitrogens with one attached hydrogen (secondary N) is 1. The molecule has 19 heavy (non-hydrogen) atoms. The molecule has 0 unspecified atom stereocenters. The summed E-state index contributed by atoms with van der Waals surface area (Å²) in [7, 11) is 0. The maximum atomic E-state index is 5.73. The first kappa shape index (κ1) is 14.3. The number of aryl methyl sites for hydroxylation is 1. The first-order valence-corrected chi connectivity index (χ1v) is 7.05. The largest absolute Gasteiger partial charge is 0.492 e. The second kappa shape index (κ2) is 8.15. The quantitative estimate of drug-likeness (QED) is 0.753. The van der Waals surface area contributed by atoms with Gasteiger partial charge in [0.05, 0.1) is 13.2 Å². The molecule has 0 amide bonds. The standard InChI is InChI=1S/C15H24N2O2/c1-14-4-2-3-5-15(14)19-11-7-16-6-8-17-9-12-18-13-10-17/h2-5,16H,6-13H2,1H3. The van der Waals surface area contributed by atoms with Crippen molar-refractivity contribution in [1.82, 2.24) is 10.2 Å². The average Bonchev–Trinajstić information content (AvgIpc) is 2.45. The van der Waals surface area contributed by atoms with Gasteiger partial charge in [-0.25, -0.2) is 0 Å². The van der Waals surface area contributed by atoms with Crippen molar-refractivity contribution in [2.75, 3.05) is 52.5 Å². The molecule has 1 saturated heterocycles. The van der Waals surface area contributed by atoms with Gasteiger partial charge in [-0.3, -0.25) is 4.90 Å². The third kappa shape index (κ3) is 5.19. The fourth-order valence-corrected chi connectivity index (χ4v) is 2.14. The summed E-state index contributed by atoms with van der Waals surface area (Å²) in [6.07, 6.45) is 0. The van der Waals surface area contributed by atoms with Gasteiger partial charge >= 0.3 is 0 Å². The number of ether oxygens (including phenoxy) is 2. The van der Waals surface area contributed by atoms with Gasteiger partial charge < -0.3 is 14.8 Å². The van der Waals surface area contributed by atoms with Crippen molar-refractivity contribution in [2.24, 2.45) is 0 Å².